The molecule has 0 amide bonds. The third kappa shape index (κ3) is 6.45. The summed E-state index contributed by atoms with van der Waals surface area (Å²) in [6, 6.07) is 10.6. The number of nitrogens with two attached hydrogens (primary N) is 1. The van der Waals surface area contributed by atoms with E-state index in [4.69, 9.17) is 10.5 Å². The fourth-order valence-corrected chi connectivity index (χ4v) is 2.03. The molecule has 1 aromatic rings. The maximum Gasteiger partial charge on any atom is 0.332 e. The van der Waals surface area contributed by atoms with Crippen molar-refractivity contribution < 1.29 is 9.53 Å². The molecule has 4 nitrogen and oxygen atoms in total. The number of carbonyl (C=O) groups is 1. The van der Waals surface area contributed by atoms with Gasteiger partial charge in [-0.3, -0.25) is 4.90 Å². The van der Waals surface area contributed by atoms with Crippen molar-refractivity contribution in [2.45, 2.75) is 33.4 Å². The molecule has 0 radical (unpaired) electrons. The highest BCUT2D eigenvalue weighted by molar-refractivity contribution is 5.82. The van der Waals surface area contributed by atoms with Gasteiger partial charge in [0.05, 0.1) is 6.61 Å². The Morgan fingerprint density at radius 1 is 1.33 bits per heavy atom. The van der Waals surface area contributed by atoms with Gasteiger partial charge in [-0.05, 0) is 26.5 Å². The summed E-state index contributed by atoms with van der Waals surface area (Å²) in [5, 5.41) is 0. The Bertz CT molecular complexity index is 467. The number of carbonyl (C=O) groups excluding carboxylic acids is 1. The van der Waals surface area contributed by atoms with Gasteiger partial charge in [0.1, 0.15) is 0 Å². The van der Waals surface area contributed by atoms with Crippen LogP contribution in [-0.2, 0) is 16.1 Å². The van der Waals surface area contributed by atoms with Gasteiger partial charge >= 0.3 is 5.97 Å². The van der Waals surface area contributed by atoms with Crippen LogP contribution in [0.2, 0.25) is 0 Å². The first kappa shape index (κ1) is 17.2. The molecule has 4 heteroatoms. The van der Waals surface area contributed by atoms with Crippen LogP contribution in [0.15, 0.2) is 42.1 Å². The van der Waals surface area contributed by atoms with E-state index in [1.807, 2.05) is 18.2 Å². The summed E-state index contributed by atoms with van der Waals surface area (Å²) >= 11 is 0. The van der Waals surface area contributed by atoms with Crippen molar-refractivity contribution >= 4 is 5.97 Å². The molecule has 0 aliphatic rings. The normalized spacial score (nSPS) is 14.8. The maximum absolute atomic E-state index is 11.4. The number of esters is 1. The van der Waals surface area contributed by atoms with E-state index in [1.165, 1.54) is 11.6 Å². The second kappa shape index (κ2) is 8.47. The predicted molar refractivity (Wildman–Crippen MR) is 85.4 cm³/mol. The van der Waals surface area contributed by atoms with E-state index < -0.39 is 0 Å². The zero-order chi connectivity index (χ0) is 15.8. The summed E-state index contributed by atoms with van der Waals surface area (Å²) in [5.74, 6) is -0.131. The van der Waals surface area contributed by atoms with Crippen LogP contribution < -0.4 is 5.73 Å². The molecule has 0 aromatic heterocycles. The Balaban J connectivity index is 2.44. The van der Waals surface area contributed by atoms with Crippen LogP contribution in [0.5, 0.6) is 0 Å². The number of hydrogen-bond acceptors (Lipinski definition) is 4. The molecule has 0 saturated heterocycles. The lowest BCUT2D eigenvalue weighted by Crippen LogP contribution is -2.36. The molecular formula is C17H26N2O2. The molecule has 2 atom stereocenters. The summed E-state index contributed by atoms with van der Waals surface area (Å²) < 4.78 is 5.21. The first-order valence-corrected chi connectivity index (χ1v) is 7.25. The topological polar surface area (TPSA) is 55.6 Å². The fraction of sp³-hybridized carbons (Fsp3) is 0.471. The van der Waals surface area contributed by atoms with Crippen molar-refractivity contribution in [2.75, 3.05) is 13.7 Å². The molecule has 0 bridgehead atoms. The zero-order valence-electron chi connectivity index (χ0n) is 13.4. The summed E-state index contributed by atoms with van der Waals surface area (Å²) in [6.45, 7) is 7.16. The smallest absolute Gasteiger partial charge is 0.332 e. The van der Waals surface area contributed by atoms with E-state index in [9.17, 15) is 4.79 Å². The summed E-state index contributed by atoms with van der Waals surface area (Å²) in [6.07, 6.45) is 1.31. The van der Waals surface area contributed by atoms with Gasteiger partial charge < -0.3 is 10.5 Å². The quantitative estimate of drug-likeness (QED) is 0.619. The minimum Gasteiger partial charge on any atom is -0.462 e. The molecule has 1 aromatic carbocycles. The molecule has 0 aliphatic carbocycles. The van der Waals surface area contributed by atoms with Gasteiger partial charge in [-0.25, -0.2) is 4.79 Å². The Hall–Kier alpha value is -1.81. The van der Waals surface area contributed by atoms with Crippen molar-refractivity contribution in [3.05, 3.63) is 47.7 Å². The number of benzene rings is 1. The lowest BCUT2D eigenvalue weighted by molar-refractivity contribution is -0.139. The van der Waals surface area contributed by atoms with Crippen LogP contribution in [0.3, 0.4) is 0 Å². The van der Waals surface area contributed by atoms with Gasteiger partial charge in [0.2, 0.25) is 0 Å². The molecule has 116 valence electrons. The van der Waals surface area contributed by atoms with Gasteiger partial charge in [0.25, 0.3) is 0 Å². The molecule has 2 unspecified atom stereocenters. The van der Waals surface area contributed by atoms with Crippen LogP contribution >= 0.6 is 0 Å². The molecule has 0 saturated carbocycles. The van der Waals surface area contributed by atoms with Crippen LogP contribution in [0.1, 0.15) is 26.3 Å². The van der Waals surface area contributed by atoms with Gasteiger partial charge in [0, 0.05) is 30.3 Å². The molecule has 0 fully saturated rings. The van der Waals surface area contributed by atoms with E-state index in [0.717, 1.165) is 6.54 Å². The van der Waals surface area contributed by atoms with Gasteiger partial charge in [-0.2, -0.15) is 0 Å². The van der Waals surface area contributed by atoms with Crippen molar-refractivity contribution in [3.8, 4) is 0 Å². The van der Waals surface area contributed by atoms with Gasteiger partial charge in [-0.1, -0.05) is 37.3 Å². The SMILES string of the molecule is C/C(N)=C/C(=O)OCC(C)C(C)N(C)Cc1ccccc1. The second-order valence-corrected chi connectivity index (χ2v) is 5.64. The Labute approximate surface area is 127 Å². The summed E-state index contributed by atoms with van der Waals surface area (Å²) in [4.78, 5) is 13.7. The minimum absolute atomic E-state index is 0.245. The third-order valence-electron chi connectivity index (χ3n) is 3.63. The van der Waals surface area contributed by atoms with E-state index in [1.54, 1.807) is 6.92 Å². The van der Waals surface area contributed by atoms with E-state index in [-0.39, 0.29) is 11.9 Å². The average Bonchev–Trinajstić information content (AvgIpc) is 2.44. The average molecular weight is 290 g/mol. The van der Waals surface area contributed by atoms with Crippen molar-refractivity contribution in [3.63, 3.8) is 0 Å². The van der Waals surface area contributed by atoms with E-state index >= 15 is 0 Å². The van der Waals surface area contributed by atoms with Crippen LogP contribution in [0.25, 0.3) is 0 Å². The molecular weight excluding hydrogens is 264 g/mol. The first-order valence-electron chi connectivity index (χ1n) is 7.25. The van der Waals surface area contributed by atoms with Crippen LogP contribution in [-0.4, -0.2) is 30.6 Å². The lowest BCUT2D eigenvalue weighted by atomic mass is 10.0. The molecule has 0 aliphatic heterocycles. The molecule has 1 rings (SSSR count). The fourth-order valence-electron chi connectivity index (χ4n) is 2.03. The molecule has 0 heterocycles. The van der Waals surface area contributed by atoms with Crippen LogP contribution in [0.4, 0.5) is 0 Å². The summed E-state index contributed by atoms with van der Waals surface area (Å²) in [7, 11) is 2.08. The minimum atomic E-state index is -0.375. The molecule has 21 heavy (non-hydrogen) atoms. The number of hydrogen-bond donors (Lipinski definition) is 1. The zero-order valence-corrected chi connectivity index (χ0v) is 13.4. The number of ether oxygens (including phenoxy) is 1. The van der Waals surface area contributed by atoms with E-state index in [2.05, 4.69) is 37.9 Å². The van der Waals surface area contributed by atoms with Crippen molar-refractivity contribution in [2.24, 2.45) is 11.7 Å². The highest BCUT2D eigenvalue weighted by atomic mass is 16.5. The van der Waals surface area contributed by atoms with Crippen molar-refractivity contribution in [1.82, 2.24) is 4.90 Å². The highest BCUT2D eigenvalue weighted by Gasteiger charge is 2.18. The standard InChI is InChI=1S/C17H26N2O2/c1-13(12-21-17(20)10-14(2)18)15(3)19(4)11-16-8-6-5-7-9-16/h5-10,13,15H,11-12,18H2,1-4H3/b14-10-. The predicted octanol–water partition coefficient (Wildman–Crippen LogP) is 2.55. The lowest BCUT2D eigenvalue weighted by Gasteiger charge is -2.29. The number of rotatable bonds is 7. The van der Waals surface area contributed by atoms with Crippen molar-refractivity contribution in [1.29, 1.82) is 0 Å². The molecule has 2 N–H and O–H groups in total. The summed E-state index contributed by atoms with van der Waals surface area (Å²) in [5.41, 5.74) is 7.18. The van der Waals surface area contributed by atoms with Gasteiger partial charge in [-0.15, -0.1) is 0 Å². The monoisotopic (exact) mass is 290 g/mol. The largest absolute Gasteiger partial charge is 0.462 e. The van der Waals surface area contributed by atoms with Gasteiger partial charge in [0.15, 0.2) is 0 Å². The second-order valence-electron chi connectivity index (χ2n) is 5.64. The Morgan fingerprint density at radius 3 is 2.52 bits per heavy atom. The Kier molecular flexibility index (Phi) is 6.96. The molecule has 0 spiro atoms. The number of allylic oxidation sites excluding steroid dienone is 1. The third-order valence-corrected chi connectivity index (χ3v) is 3.63. The number of nitrogens with zero attached hydrogens (tertiary/aromatic N) is 1. The van der Waals surface area contributed by atoms with E-state index in [0.29, 0.717) is 18.3 Å². The van der Waals surface area contributed by atoms with Crippen LogP contribution in [0, 0.1) is 5.92 Å². The Morgan fingerprint density at radius 2 is 1.95 bits per heavy atom. The first-order chi connectivity index (χ1) is 9.90. The maximum atomic E-state index is 11.4. The highest BCUT2D eigenvalue weighted by Crippen LogP contribution is 2.13.